The molecule has 0 aliphatic heterocycles. The molecule has 0 heterocycles. The number of aromatic carboxylic acids is 2. The number of para-hydroxylation sites is 1. The Morgan fingerprint density at radius 2 is 1.67 bits per heavy atom. The van der Waals surface area contributed by atoms with Crippen molar-refractivity contribution in [2.24, 2.45) is 0 Å². The van der Waals surface area contributed by atoms with Gasteiger partial charge in [-0.15, -0.1) is 0 Å². The SMILES string of the molecule is O=C(O)c1ccc(Oc2ccccc2C(=O)O)c([NH2+]O)c1. The zero-order valence-corrected chi connectivity index (χ0v) is 10.7. The molecule has 0 aliphatic carbocycles. The molecule has 0 atom stereocenters. The van der Waals surface area contributed by atoms with Crippen LogP contribution in [0.15, 0.2) is 42.5 Å². The number of carboxylic acids is 2. The van der Waals surface area contributed by atoms with Gasteiger partial charge in [-0.1, -0.05) is 12.1 Å². The van der Waals surface area contributed by atoms with Gasteiger partial charge in [0.05, 0.1) is 5.56 Å². The van der Waals surface area contributed by atoms with Crippen molar-refractivity contribution in [3.63, 3.8) is 0 Å². The molecule has 2 aromatic carbocycles. The van der Waals surface area contributed by atoms with Gasteiger partial charge in [0, 0.05) is 6.07 Å². The van der Waals surface area contributed by atoms with Gasteiger partial charge >= 0.3 is 11.9 Å². The largest absolute Gasteiger partial charge is 0.478 e. The molecule has 0 amide bonds. The Morgan fingerprint density at radius 3 is 2.29 bits per heavy atom. The maximum absolute atomic E-state index is 11.1. The van der Waals surface area contributed by atoms with E-state index in [1.165, 1.54) is 30.3 Å². The van der Waals surface area contributed by atoms with E-state index in [9.17, 15) is 9.59 Å². The molecule has 2 aromatic rings. The van der Waals surface area contributed by atoms with Crippen LogP contribution < -0.4 is 10.2 Å². The van der Waals surface area contributed by atoms with Gasteiger partial charge in [0.25, 0.3) is 0 Å². The van der Waals surface area contributed by atoms with Gasteiger partial charge in [-0.25, -0.2) is 14.8 Å². The number of nitrogens with two attached hydrogens (primary N) is 1. The van der Waals surface area contributed by atoms with E-state index in [4.69, 9.17) is 20.2 Å². The summed E-state index contributed by atoms with van der Waals surface area (Å²) < 4.78 is 5.46. The van der Waals surface area contributed by atoms with Crippen LogP contribution in [0, 0.1) is 0 Å². The Balaban J connectivity index is 2.40. The van der Waals surface area contributed by atoms with Crippen LogP contribution in [-0.4, -0.2) is 27.4 Å². The molecule has 0 radical (unpaired) electrons. The Labute approximate surface area is 119 Å². The van der Waals surface area contributed by atoms with E-state index in [0.29, 0.717) is 5.48 Å². The van der Waals surface area contributed by atoms with E-state index in [1.54, 1.807) is 12.1 Å². The molecule has 5 N–H and O–H groups in total. The number of benzene rings is 2. The van der Waals surface area contributed by atoms with Crippen molar-refractivity contribution in [2.75, 3.05) is 0 Å². The second-order valence-corrected chi connectivity index (χ2v) is 4.09. The molecular weight excluding hydrogens is 278 g/mol. The van der Waals surface area contributed by atoms with E-state index in [0.717, 1.165) is 0 Å². The van der Waals surface area contributed by atoms with E-state index >= 15 is 0 Å². The number of hydrogen-bond donors (Lipinski definition) is 4. The highest BCUT2D eigenvalue weighted by Gasteiger charge is 2.16. The maximum atomic E-state index is 11.1. The summed E-state index contributed by atoms with van der Waals surface area (Å²) in [6, 6.07) is 9.89. The second kappa shape index (κ2) is 6.04. The van der Waals surface area contributed by atoms with Crippen molar-refractivity contribution in [1.82, 2.24) is 0 Å². The molecule has 0 fully saturated rings. The fraction of sp³-hybridized carbons (Fsp3) is 0. The minimum absolute atomic E-state index is 0.0193. The van der Waals surface area contributed by atoms with Gasteiger partial charge in [0.1, 0.15) is 11.3 Å². The molecule has 0 saturated carbocycles. The van der Waals surface area contributed by atoms with Crippen molar-refractivity contribution in [3.8, 4) is 11.5 Å². The summed E-state index contributed by atoms with van der Waals surface area (Å²) in [7, 11) is 0. The number of ether oxygens (including phenoxy) is 1. The minimum Gasteiger partial charge on any atom is -0.478 e. The predicted octanol–water partition coefficient (Wildman–Crippen LogP) is 1.46. The number of quaternary nitrogens is 1. The van der Waals surface area contributed by atoms with Gasteiger partial charge in [0.15, 0.2) is 5.75 Å². The summed E-state index contributed by atoms with van der Waals surface area (Å²) >= 11 is 0. The summed E-state index contributed by atoms with van der Waals surface area (Å²) in [6.45, 7) is 0. The highest BCUT2D eigenvalue weighted by Crippen LogP contribution is 2.29. The molecule has 0 aromatic heterocycles. The van der Waals surface area contributed by atoms with Crippen LogP contribution in [0.25, 0.3) is 0 Å². The molecular formula is C14H12NO6+. The maximum Gasteiger partial charge on any atom is 0.339 e. The van der Waals surface area contributed by atoms with E-state index in [-0.39, 0.29) is 28.3 Å². The standard InChI is InChI=1S/C14H11NO6/c16-13(17)8-5-6-12(10(7-8)15-20)21-11-4-2-1-3-9(11)14(18)19/h1-7,15,20H,(H,16,17)(H,18,19)/p+1. The molecule has 7 heteroatoms. The van der Waals surface area contributed by atoms with Crippen LogP contribution in [0.3, 0.4) is 0 Å². The third-order valence-electron chi connectivity index (χ3n) is 2.73. The lowest BCUT2D eigenvalue weighted by atomic mass is 10.1. The molecule has 0 spiro atoms. The van der Waals surface area contributed by atoms with Crippen molar-refractivity contribution in [1.29, 1.82) is 0 Å². The lowest BCUT2D eigenvalue weighted by Gasteiger charge is -2.10. The quantitative estimate of drug-likeness (QED) is 0.488. The van der Waals surface area contributed by atoms with Crippen molar-refractivity contribution in [2.45, 2.75) is 0 Å². The normalized spacial score (nSPS) is 10.1. The Bertz CT molecular complexity index is 698. The molecule has 7 nitrogen and oxygen atoms in total. The zero-order chi connectivity index (χ0) is 15.4. The lowest BCUT2D eigenvalue weighted by molar-refractivity contribution is -0.825. The summed E-state index contributed by atoms with van der Waals surface area (Å²) in [6.07, 6.45) is 0. The van der Waals surface area contributed by atoms with Crippen LogP contribution in [-0.2, 0) is 0 Å². The van der Waals surface area contributed by atoms with Crippen molar-refractivity contribution >= 4 is 17.6 Å². The minimum atomic E-state index is -1.15. The highest BCUT2D eigenvalue weighted by molar-refractivity contribution is 5.91. The van der Waals surface area contributed by atoms with E-state index in [2.05, 4.69) is 0 Å². The zero-order valence-electron chi connectivity index (χ0n) is 10.7. The Kier molecular flexibility index (Phi) is 4.17. The summed E-state index contributed by atoms with van der Waals surface area (Å²) in [5, 5.41) is 27.1. The van der Waals surface area contributed by atoms with Gasteiger partial charge in [-0.2, -0.15) is 5.48 Å². The highest BCUT2D eigenvalue weighted by atomic mass is 16.5. The lowest BCUT2D eigenvalue weighted by Crippen LogP contribution is -2.73. The predicted molar refractivity (Wildman–Crippen MR) is 70.2 cm³/mol. The van der Waals surface area contributed by atoms with Gasteiger partial charge < -0.3 is 14.9 Å². The third kappa shape index (κ3) is 3.16. The van der Waals surface area contributed by atoms with E-state index in [1.807, 2.05) is 0 Å². The van der Waals surface area contributed by atoms with Crippen LogP contribution in [0.5, 0.6) is 11.5 Å². The topological polar surface area (TPSA) is 121 Å². The van der Waals surface area contributed by atoms with Crippen molar-refractivity contribution < 1.29 is 35.2 Å². The molecule has 0 saturated heterocycles. The number of carboxylic acid groups (broad SMARTS) is 2. The summed E-state index contributed by atoms with van der Waals surface area (Å²) in [5.41, 5.74) is 0.776. The smallest absolute Gasteiger partial charge is 0.339 e. The van der Waals surface area contributed by atoms with Crippen LogP contribution >= 0.6 is 0 Å². The molecule has 0 aliphatic rings. The third-order valence-corrected chi connectivity index (χ3v) is 2.73. The average molecular weight is 290 g/mol. The van der Waals surface area contributed by atoms with Gasteiger partial charge in [0.2, 0.25) is 5.69 Å². The van der Waals surface area contributed by atoms with Crippen LogP contribution in [0.1, 0.15) is 20.7 Å². The first-order valence-corrected chi connectivity index (χ1v) is 5.88. The summed E-state index contributed by atoms with van der Waals surface area (Å²) in [4.78, 5) is 22.0. The monoisotopic (exact) mass is 290 g/mol. The number of carbonyl (C=O) groups is 2. The number of rotatable bonds is 5. The molecule has 0 unspecified atom stereocenters. The Morgan fingerprint density at radius 1 is 0.952 bits per heavy atom. The summed E-state index contributed by atoms with van der Waals surface area (Å²) in [5.74, 6) is -2.05. The molecule has 0 bridgehead atoms. The second-order valence-electron chi connectivity index (χ2n) is 4.09. The van der Waals surface area contributed by atoms with E-state index < -0.39 is 11.9 Å². The number of hydrogen-bond acceptors (Lipinski definition) is 4. The fourth-order valence-corrected chi connectivity index (χ4v) is 1.73. The first kappa shape index (κ1) is 14.5. The first-order valence-electron chi connectivity index (χ1n) is 5.88. The molecule has 2 rings (SSSR count). The Hall–Kier alpha value is -2.90. The van der Waals surface area contributed by atoms with Crippen LogP contribution in [0.2, 0.25) is 0 Å². The molecule has 108 valence electrons. The molecule has 21 heavy (non-hydrogen) atoms. The fourth-order valence-electron chi connectivity index (χ4n) is 1.73. The van der Waals surface area contributed by atoms with Crippen molar-refractivity contribution in [3.05, 3.63) is 53.6 Å². The average Bonchev–Trinajstić information content (AvgIpc) is 2.47. The van der Waals surface area contributed by atoms with Crippen LogP contribution in [0.4, 0.5) is 5.69 Å². The first-order chi connectivity index (χ1) is 10.0. The van der Waals surface area contributed by atoms with Gasteiger partial charge in [-0.3, -0.25) is 0 Å². The van der Waals surface area contributed by atoms with Gasteiger partial charge in [-0.05, 0) is 24.3 Å².